The molecule has 1 aromatic heterocycles. The van der Waals surface area contributed by atoms with Crippen LogP contribution in [-0.2, 0) is 27.2 Å². The van der Waals surface area contributed by atoms with Gasteiger partial charge in [0.25, 0.3) is 11.5 Å². The molecule has 1 unspecified atom stereocenters. The Morgan fingerprint density at radius 1 is 1.00 bits per heavy atom. The van der Waals surface area contributed by atoms with E-state index in [0.29, 0.717) is 5.69 Å². The average molecular weight is 432 g/mol. The number of aromatic hydroxyl groups is 1. The molecule has 32 heavy (non-hydrogen) atoms. The van der Waals surface area contributed by atoms with Crippen molar-refractivity contribution in [2.75, 3.05) is 11.5 Å². The lowest BCUT2D eigenvalue weighted by atomic mass is 10.0. The van der Waals surface area contributed by atoms with Crippen LogP contribution in [0, 0.1) is 6.92 Å². The summed E-state index contributed by atoms with van der Waals surface area (Å²) in [6, 6.07) is 16.9. The second kappa shape index (κ2) is 8.70. The van der Waals surface area contributed by atoms with Gasteiger partial charge in [-0.1, -0.05) is 36.4 Å². The normalized spacial score (nSPS) is 13.5. The number of carbonyl (C=O) groups is 2. The third kappa shape index (κ3) is 4.01. The number of benzene rings is 2. The van der Waals surface area contributed by atoms with Crippen molar-refractivity contribution in [2.45, 2.75) is 32.7 Å². The maximum Gasteiger partial charge on any atom is 0.329 e. The highest BCUT2D eigenvalue weighted by molar-refractivity contribution is 6.03. The predicted octanol–water partition coefficient (Wildman–Crippen LogP) is 3.43. The van der Waals surface area contributed by atoms with Gasteiger partial charge in [0.05, 0.1) is 11.4 Å². The highest BCUT2D eigenvalue weighted by atomic mass is 16.5. The monoisotopic (exact) mass is 432 g/mol. The highest BCUT2D eigenvalue weighted by Gasteiger charge is 2.27. The number of aromatic nitrogens is 1. The van der Waals surface area contributed by atoms with E-state index in [2.05, 4.69) is 0 Å². The molecule has 0 aliphatic carbocycles. The Morgan fingerprint density at radius 2 is 1.56 bits per heavy atom. The van der Waals surface area contributed by atoms with Gasteiger partial charge in [0.15, 0.2) is 6.61 Å². The fourth-order valence-electron chi connectivity index (χ4n) is 4.16. The van der Waals surface area contributed by atoms with Crippen molar-refractivity contribution in [3.63, 3.8) is 0 Å². The van der Waals surface area contributed by atoms with E-state index < -0.39 is 24.2 Å². The number of aryl methyl sites for hydroxylation is 3. The maximum absolute atomic E-state index is 13.3. The predicted molar refractivity (Wildman–Crippen MR) is 120 cm³/mol. The van der Waals surface area contributed by atoms with Gasteiger partial charge in [0.1, 0.15) is 11.8 Å². The zero-order valence-electron chi connectivity index (χ0n) is 17.9. The summed E-state index contributed by atoms with van der Waals surface area (Å²) in [5.41, 5.74) is 3.54. The van der Waals surface area contributed by atoms with Crippen LogP contribution < -0.4 is 10.5 Å². The van der Waals surface area contributed by atoms with E-state index in [9.17, 15) is 19.5 Å². The summed E-state index contributed by atoms with van der Waals surface area (Å²) in [6.45, 7) is 2.67. The van der Waals surface area contributed by atoms with Gasteiger partial charge in [-0.15, -0.1) is 0 Å². The molecule has 7 heteroatoms. The number of esters is 1. The van der Waals surface area contributed by atoms with Crippen molar-refractivity contribution in [3.8, 4) is 5.75 Å². The first kappa shape index (κ1) is 21.4. The Kier molecular flexibility index (Phi) is 5.81. The van der Waals surface area contributed by atoms with Crippen LogP contribution in [0.5, 0.6) is 5.75 Å². The van der Waals surface area contributed by atoms with Crippen LogP contribution in [0.25, 0.3) is 0 Å². The number of carbonyl (C=O) groups excluding carboxylic acids is 2. The third-order valence-electron chi connectivity index (χ3n) is 5.69. The van der Waals surface area contributed by atoms with Crippen molar-refractivity contribution in [2.24, 2.45) is 0 Å². The number of rotatable bonds is 4. The summed E-state index contributed by atoms with van der Waals surface area (Å²) in [6.07, 6.45) is 1.60. The van der Waals surface area contributed by atoms with Gasteiger partial charge < -0.3 is 9.84 Å². The SMILES string of the molecule is Cc1cc(O)cc(=O)n1C(C)C(=O)OCC(=O)N1c2ccccc2CCc2ccccc21. The standard InChI is InChI=1S/C25H24N2O5/c1-16-13-20(28)14-23(29)26(16)17(2)25(31)32-15-24(30)27-21-9-5-3-7-18(21)11-12-19-8-4-6-10-22(19)27/h3-10,13-14,17,28H,11-12,15H2,1-2H3. The summed E-state index contributed by atoms with van der Waals surface area (Å²) >= 11 is 0. The Bertz CT molecular complexity index is 1200. The molecule has 2 heterocycles. The molecule has 1 atom stereocenters. The Labute approximate surface area is 185 Å². The topological polar surface area (TPSA) is 88.8 Å². The zero-order valence-corrected chi connectivity index (χ0v) is 17.9. The largest absolute Gasteiger partial charge is 0.508 e. The molecule has 2 aromatic carbocycles. The van der Waals surface area contributed by atoms with Crippen molar-refractivity contribution in [3.05, 3.63) is 87.8 Å². The van der Waals surface area contributed by atoms with E-state index in [0.717, 1.165) is 41.4 Å². The average Bonchev–Trinajstić information content (AvgIpc) is 2.93. The van der Waals surface area contributed by atoms with Gasteiger partial charge in [-0.05, 0) is 56.0 Å². The number of hydrogen-bond donors (Lipinski definition) is 1. The molecule has 0 spiro atoms. The summed E-state index contributed by atoms with van der Waals surface area (Å²) < 4.78 is 6.56. The van der Waals surface area contributed by atoms with Gasteiger partial charge in [-0.3, -0.25) is 19.1 Å². The maximum atomic E-state index is 13.3. The highest BCUT2D eigenvalue weighted by Crippen LogP contribution is 2.36. The Balaban J connectivity index is 1.57. The molecule has 164 valence electrons. The molecular formula is C25H24N2O5. The van der Waals surface area contributed by atoms with Gasteiger partial charge in [0.2, 0.25) is 0 Å². The molecule has 0 fully saturated rings. The molecule has 1 amide bonds. The van der Waals surface area contributed by atoms with Gasteiger partial charge in [-0.25, -0.2) is 4.79 Å². The molecule has 0 radical (unpaired) electrons. The van der Waals surface area contributed by atoms with Gasteiger partial charge in [-0.2, -0.15) is 0 Å². The molecule has 4 rings (SSSR count). The van der Waals surface area contributed by atoms with Gasteiger partial charge in [0, 0.05) is 11.8 Å². The fourth-order valence-corrected chi connectivity index (χ4v) is 4.16. The van der Waals surface area contributed by atoms with Crippen LogP contribution in [-0.4, -0.2) is 28.2 Å². The van der Waals surface area contributed by atoms with Crippen molar-refractivity contribution < 1.29 is 19.4 Å². The molecule has 1 aliphatic rings. The summed E-state index contributed by atoms with van der Waals surface area (Å²) in [7, 11) is 0. The number of para-hydroxylation sites is 2. The number of hydrogen-bond acceptors (Lipinski definition) is 5. The molecule has 3 aromatic rings. The minimum atomic E-state index is -0.945. The Hall–Kier alpha value is -3.87. The smallest absolute Gasteiger partial charge is 0.329 e. The lowest BCUT2D eigenvalue weighted by molar-refractivity contribution is -0.150. The van der Waals surface area contributed by atoms with Crippen molar-refractivity contribution >= 4 is 23.3 Å². The van der Waals surface area contributed by atoms with E-state index in [4.69, 9.17) is 4.74 Å². The first-order valence-electron chi connectivity index (χ1n) is 10.4. The van der Waals surface area contributed by atoms with Crippen LogP contribution in [0.4, 0.5) is 11.4 Å². The van der Waals surface area contributed by atoms with Gasteiger partial charge >= 0.3 is 5.97 Å². The minimum Gasteiger partial charge on any atom is -0.508 e. The lowest BCUT2D eigenvalue weighted by Crippen LogP contribution is -2.34. The van der Waals surface area contributed by atoms with E-state index in [1.807, 2.05) is 48.5 Å². The van der Waals surface area contributed by atoms with E-state index in [-0.39, 0.29) is 11.7 Å². The number of anilines is 2. The summed E-state index contributed by atoms with van der Waals surface area (Å²) in [5.74, 6) is -1.24. The summed E-state index contributed by atoms with van der Waals surface area (Å²) in [5, 5.41) is 9.56. The molecule has 1 aliphatic heterocycles. The number of fused-ring (bicyclic) bond motifs is 2. The molecule has 1 N–H and O–H groups in total. The minimum absolute atomic E-state index is 0.169. The van der Waals surface area contributed by atoms with Crippen LogP contribution in [0.3, 0.4) is 0 Å². The quantitative estimate of drug-likeness (QED) is 0.638. The Morgan fingerprint density at radius 3 is 2.12 bits per heavy atom. The second-order valence-corrected chi connectivity index (χ2v) is 7.83. The van der Waals surface area contributed by atoms with Crippen molar-refractivity contribution in [1.29, 1.82) is 0 Å². The lowest BCUT2D eigenvalue weighted by Gasteiger charge is -2.25. The van der Waals surface area contributed by atoms with Crippen LogP contribution >= 0.6 is 0 Å². The van der Waals surface area contributed by atoms with Crippen molar-refractivity contribution in [1.82, 2.24) is 4.57 Å². The second-order valence-electron chi connectivity index (χ2n) is 7.83. The summed E-state index contributed by atoms with van der Waals surface area (Å²) in [4.78, 5) is 39.8. The molecule has 7 nitrogen and oxygen atoms in total. The van der Waals surface area contributed by atoms with E-state index >= 15 is 0 Å². The first-order chi connectivity index (χ1) is 15.4. The van der Waals surface area contributed by atoms with Crippen LogP contribution in [0.2, 0.25) is 0 Å². The molecule has 0 saturated heterocycles. The van der Waals surface area contributed by atoms with Crippen LogP contribution in [0.15, 0.2) is 65.5 Å². The molecule has 0 saturated carbocycles. The molecular weight excluding hydrogens is 408 g/mol. The third-order valence-corrected chi connectivity index (χ3v) is 5.69. The first-order valence-corrected chi connectivity index (χ1v) is 10.4. The van der Waals surface area contributed by atoms with E-state index in [1.165, 1.54) is 17.6 Å². The van der Waals surface area contributed by atoms with E-state index in [1.54, 1.807) is 11.8 Å². The zero-order chi connectivity index (χ0) is 22.8. The molecule has 0 bridgehead atoms. The fraction of sp³-hybridized carbons (Fsp3) is 0.240. The number of nitrogens with zero attached hydrogens (tertiary/aromatic N) is 2. The van der Waals surface area contributed by atoms with Crippen LogP contribution in [0.1, 0.15) is 29.8 Å². The number of amides is 1. The number of ether oxygens (including phenoxy) is 1. The number of pyridine rings is 1.